The summed E-state index contributed by atoms with van der Waals surface area (Å²) in [6.45, 7) is 0.180. The minimum absolute atomic E-state index is 0.0564. The first-order valence-electron chi connectivity index (χ1n) is 18.8. The number of hydrogen-bond donors (Lipinski definition) is 7. The van der Waals surface area contributed by atoms with Crippen molar-refractivity contribution >= 4 is 47.1 Å². The fourth-order valence-corrected chi connectivity index (χ4v) is 6.77. The topological polar surface area (TPSA) is 249 Å². The molecular weight excluding hydrogens is 706 g/mol. The highest BCUT2D eigenvalue weighted by Crippen LogP contribution is 2.27. The molecule has 0 aromatic heterocycles. The smallest absolute Gasteiger partial charge is 0.244 e. The lowest BCUT2D eigenvalue weighted by Crippen LogP contribution is -2.57. The van der Waals surface area contributed by atoms with Crippen molar-refractivity contribution in [2.45, 2.75) is 101 Å². The summed E-state index contributed by atoms with van der Waals surface area (Å²) in [6, 6.07) is 11.0. The summed E-state index contributed by atoms with van der Waals surface area (Å²) in [5, 5.41) is 13.4. The molecule has 1 saturated carbocycles. The second-order valence-electron chi connectivity index (χ2n) is 14.1. The van der Waals surface area contributed by atoms with Gasteiger partial charge in [-0.3, -0.25) is 38.4 Å². The van der Waals surface area contributed by atoms with Crippen LogP contribution in [0.15, 0.2) is 66.7 Å². The number of carbonyl (C=O) groups is 8. The molecule has 2 aromatic rings. The van der Waals surface area contributed by atoms with Crippen LogP contribution in [-0.2, 0) is 40.0 Å². The van der Waals surface area contributed by atoms with Crippen molar-refractivity contribution in [3.8, 4) is 0 Å². The Kier molecular flexibility index (Phi) is 16.1. The van der Waals surface area contributed by atoms with Crippen LogP contribution < -0.4 is 38.1 Å². The quantitative estimate of drug-likeness (QED) is 0.172. The van der Waals surface area contributed by atoms with Crippen molar-refractivity contribution in [3.05, 3.63) is 83.4 Å². The fourth-order valence-electron chi connectivity index (χ4n) is 6.77. The van der Waals surface area contributed by atoms with E-state index in [0.29, 0.717) is 29.5 Å². The normalized spacial score (nSPS) is 22.6. The van der Waals surface area contributed by atoms with E-state index in [1.165, 1.54) is 0 Å². The minimum atomic E-state index is -1.31. The van der Waals surface area contributed by atoms with E-state index < -0.39 is 65.5 Å². The summed E-state index contributed by atoms with van der Waals surface area (Å²) >= 11 is 0. The maximum atomic E-state index is 14.1. The number of carbonyl (C=O) groups excluding carboxylic acids is 8. The molecule has 0 spiro atoms. The molecule has 294 valence electrons. The van der Waals surface area contributed by atoms with Gasteiger partial charge in [0, 0.05) is 42.7 Å². The van der Waals surface area contributed by atoms with Crippen LogP contribution in [0.1, 0.15) is 92.1 Å². The van der Waals surface area contributed by atoms with Gasteiger partial charge in [-0.15, -0.1) is 0 Å². The molecule has 4 rings (SSSR count). The number of nitrogens with one attached hydrogen (secondary N) is 5. The van der Waals surface area contributed by atoms with Crippen LogP contribution in [0.3, 0.4) is 0 Å². The number of amides is 7. The Bertz CT molecular complexity index is 1720. The maximum Gasteiger partial charge on any atom is 0.244 e. The standard InChI is InChI=1S/C40H51N7O8/c41-33(48)19-18-30-39(54)47-32(23-25-9-3-1-4-10-25)40(55)46-31(24-26-14-16-28(17-15-26)36(51)27-11-5-2-6-12-27)38(53)43-22-8-7-13-29(37(42)52)44-34(49)20-21-35(50)45-30/h2,5-6,11-12,14-17,20-21,25,29-32H,1,3-4,7-10,13,18-19,22-24H2,(H2,41,48)(H2,42,52)(H,43,53)(H,44,49)(H,45,50)(H,46,55)(H,47,54)/t29?,30?,31-,32?/m1/s1. The zero-order valence-electron chi connectivity index (χ0n) is 30.9. The van der Waals surface area contributed by atoms with E-state index in [1.807, 2.05) is 6.07 Å². The Morgan fingerprint density at radius 1 is 0.618 bits per heavy atom. The molecule has 9 N–H and O–H groups in total. The second kappa shape index (κ2) is 21.1. The van der Waals surface area contributed by atoms with Crippen molar-refractivity contribution in [1.82, 2.24) is 26.6 Å². The predicted molar refractivity (Wildman–Crippen MR) is 203 cm³/mol. The zero-order valence-corrected chi connectivity index (χ0v) is 30.9. The third kappa shape index (κ3) is 13.8. The van der Waals surface area contributed by atoms with Crippen LogP contribution in [0, 0.1) is 5.92 Å². The van der Waals surface area contributed by atoms with Gasteiger partial charge < -0.3 is 38.1 Å². The molecule has 2 aliphatic rings. The van der Waals surface area contributed by atoms with Crippen LogP contribution in [-0.4, -0.2) is 77.8 Å². The Morgan fingerprint density at radius 3 is 1.87 bits per heavy atom. The molecule has 2 aromatic carbocycles. The predicted octanol–water partition coefficient (Wildman–Crippen LogP) is 0.977. The lowest BCUT2D eigenvalue weighted by Gasteiger charge is -2.29. The molecule has 0 radical (unpaired) electrons. The van der Waals surface area contributed by atoms with Gasteiger partial charge in [0.1, 0.15) is 24.2 Å². The summed E-state index contributed by atoms with van der Waals surface area (Å²) in [5.41, 5.74) is 12.5. The van der Waals surface area contributed by atoms with E-state index in [9.17, 15) is 38.4 Å². The summed E-state index contributed by atoms with van der Waals surface area (Å²) in [5.74, 6) is -5.03. The first-order chi connectivity index (χ1) is 26.4. The van der Waals surface area contributed by atoms with Crippen molar-refractivity contribution < 1.29 is 38.4 Å². The fraction of sp³-hybridized carbons (Fsp3) is 0.450. The van der Waals surface area contributed by atoms with E-state index in [4.69, 9.17) is 11.5 Å². The number of ketones is 1. The van der Waals surface area contributed by atoms with Gasteiger partial charge >= 0.3 is 0 Å². The zero-order chi connectivity index (χ0) is 39.7. The van der Waals surface area contributed by atoms with Gasteiger partial charge in [0.2, 0.25) is 41.4 Å². The third-order valence-electron chi connectivity index (χ3n) is 9.83. The molecule has 15 nitrogen and oxygen atoms in total. The van der Waals surface area contributed by atoms with Gasteiger partial charge in [0.15, 0.2) is 5.78 Å². The molecule has 0 bridgehead atoms. The average Bonchev–Trinajstić information content (AvgIpc) is 3.17. The molecule has 1 aliphatic heterocycles. The molecule has 3 unspecified atom stereocenters. The van der Waals surface area contributed by atoms with Crippen molar-refractivity contribution in [1.29, 1.82) is 0 Å². The Hall–Kier alpha value is -5.86. The minimum Gasteiger partial charge on any atom is -0.370 e. The van der Waals surface area contributed by atoms with Gasteiger partial charge in [0.05, 0.1) is 0 Å². The van der Waals surface area contributed by atoms with Crippen LogP contribution in [0.25, 0.3) is 0 Å². The largest absolute Gasteiger partial charge is 0.370 e. The number of nitrogens with two attached hydrogens (primary N) is 2. The van der Waals surface area contributed by atoms with E-state index in [0.717, 1.165) is 44.3 Å². The van der Waals surface area contributed by atoms with Crippen molar-refractivity contribution in [2.75, 3.05) is 6.54 Å². The van der Waals surface area contributed by atoms with Gasteiger partial charge in [-0.25, -0.2) is 0 Å². The molecule has 1 fully saturated rings. The van der Waals surface area contributed by atoms with Gasteiger partial charge in [0.25, 0.3) is 0 Å². The van der Waals surface area contributed by atoms with Gasteiger partial charge in [-0.05, 0) is 43.6 Å². The molecule has 1 heterocycles. The Balaban J connectivity index is 1.62. The number of hydrogen-bond acceptors (Lipinski definition) is 8. The van der Waals surface area contributed by atoms with Gasteiger partial charge in [-0.1, -0.05) is 86.7 Å². The summed E-state index contributed by atoms with van der Waals surface area (Å²) in [6.07, 6.45) is 7.31. The number of benzene rings is 2. The number of rotatable bonds is 10. The summed E-state index contributed by atoms with van der Waals surface area (Å²) in [4.78, 5) is 104. The van der Waals surface area contributed by atoms with Gasteiger partial charge in [-0.2, -0.15) is 0 Å². The lowest BCUT2D eigenvalue weighted by atomic mass is 9.84. The van der Waals surface area contributed by atoms with E-state index in [1.54, 1.807) is 48.5 Å². The van der Waals surface area contributed by atoms with Crippen LogP contribution in [0.5, 0.6) is 0 Å². The highest BCUT2D eigenvalue weighted by molar-refractivity contribution is 6.09. The molecule has 7 amide bonds. The van der Waals surface area contributed by atoms with E-state index in [2.05, 4.69) is 26.6 Å². The van der Waals surface area contributed by atoms with Crippen molar-refractivity contribution in [2.24, 2.45) is 17.4 Å². The molecular formula is C40H51N7O8. The molecule has 0 saturated heterocycles. The second-order valence-corrected chi connectivity index (χ2v) is 14.1. The van der Waals surface area contributed by atoms with E-state index >= 15 is 0 Å². The molecule has 55 heavy (non-hydrogen) atoms. The SMILES string of the molecule is NC(=O)CCC1NC(=O)C=CC(=O)NC(C(N)=O)CCCCNC(=O)[C@@H](Cc2ccc(C(=O)c3ccccc3)cc2)NC(=O)C(CC2CCCCC2)NC1=O. The van der Waals surface area contributed by atoms with Crippen LogP contribution in [0.4, 0.5) is 0 Å². The summed E-state index contributed by atoms with van der Waals surface area (Å²) < 4.78 is 0. The highest BCUT2D eigenvalue weighted by atomic mass is 16.2. The van der Waals surface area contributed by atoms with E-state index in [-0.39, 0.29) is 50.4 Å². The molecule has 4 atom stereocenters. The van der Waals surface area contributed by atoms with Crippen molar-refractivity contribution in [3.63, 3.8) is 0 Å². The van der Waals surface area contributed by atoms with Crippen LogP contribution >= 0.6 is 0 Å². The Morgan fingerprint density at radius 2 is 1.22 bits per heavy atom. The molecule has 1 aliphatic carbocycles. The number of primary amides is 2. The maximum absolute atomic E-state index is 14.1. The lowest BCUT2D eigenvalue weighted by molar-refractivity contribution is -0.134. The average molecular weight is 758 g/mol. The highest BCUT2D eigenvalue weighted by Gasteiger charge is 2.32. The Labute approximate surface area is 320 Å². The van der Waals surface area contributed by atoms with Crippen LogP contribution in [0.2, 0.25) is 0 Å². The summed E-state index contributed by atoms with van der Waals surface area (Å²) in [7, 11) is 0. The third-order valence-corrected chi connectivity index (χ3v) is 9.83. The monoisotopic (exact) mass is 757 g/mol. The molecule has 15 heteroatoms. The first kappa shape index (κ1) is 41.9. The first-order valence-corrected chi connectivity index (χ1v) is 18.8.